The molecular formula is C15H10N2O3S. The standard InChI is InChI=1S/C15H10N2O3S/c18-10-3-1-4-11(9-10)21-14-7-6-13(17(19)20)15-12(14)5-2-8-16-15/h1-9,18H. The Morgan fingerprint density at radius 1 is 1.14 bits per heavy atom. The minimum atomic E-state index is -0.432. The number of pyridine rings is 1. The molecule has 0 fully saturated rings. The topological polar surface area (TPSA) is 76.3 Å². The summed E-state index contributed by atoms with van der Waals surface area (Å²) in [5.41, 5.74) is 0.360. The van der Waals surface area contributed by atoms with E-state index in [9.17, 15) is 15.2 Å². The summed E-state index contributed by atoms with van der Waals surface area (Å²) in [7, 11) is 0. The third-order valence-corrected chi connectivity index (χ3v) is 4.02. The van der Waals surface area contributed by atoms with Gasteiger partial charge in [-0.15, -0.1) is 0 Å². The van der Waals surface area contributed by atoms with Gasteiger partial charge in [0.2, 0.25) is 0 Å². The van der Waals surface area contributed by atoms with E-state index in [2.05, 4.69) is 4.98 Å². The molecule has 3 aromatic rings. The van der Waals surface area contributed by atoms with Crippen LogP contribution in [0.25, 0.3) is 10.9 Å². The van der Waals surface area contributed by atoms with Crippen molar-refractivity contribution < 1.29 is 10.0 Å². The van der Waals surface area contributed by atoms with Gasteiger partial charge in [-0.3, -0.25) is 10.1 Å². The summed E-state index contributed by atoms with van der Waals surface area (Å²) in [5.74, 6) is 0.185. The fourth-order valence-electron chi connectivity index (χ4n) is 2.04. The lowest BCUT2D eigenvalue weighted by Gasteiger charge is -2.06. The van der Waals surface area contributed by atoms with Gasteiger partial charge in [0.15, 0.2) is 0 Å². The molecule has 5 nitrogen and oxygen atoms in total. The number of phenolic OH excluding ortho intramolecular Hbond substituents is 1. The molecule has 0 bridgehead atoms. The van der Waals surface area contributed by atoms with E-state index in [1.165, 1.54) is 24.0 Å². The second kappa shape index (κ2) is 5.41. The number of aromatic hydroxyl groups is 1. The van der Waals surface area contributed by atoms with Crippen molar-refractivity contribution in [1.82, 2.24) is 4.98 Å². The van der Waals surface area contributed by atoms with Gasteiger partial charge in [0.1, 0.15) is 11.3 Å². The van der Waals surface area contributed by atoms with E-state index in [0.29, 0.717) is 5.52 Å². The average molecular weight is 298 g/mol. The van der Waals surface area contributed by atoms with Crippen LogP contribution in [-0.2, 0) is 0 Å². The van der Waals surface area contributed by atoms with Crippen LogP contribution in [0.5, 0.6) is 5.75 Å². The molecule has 3 rings (SSSR count). The minimum Gasteiger partial charge on any atom is -0.508 e. The number of benzene rings is 2. The fourth-order valence-corrected chi connectivity index (χ4v) is 3.03. The number of fused-ring (bicyclic) bond motifs is 1. The van der Waals surface area contributed by atoms with Gasteiger partial charge in [-0.1, -0.05) is 17.8 Å². The molecular weight excluding hydrogens is 288 g/mol. The van der Waals surface area contributed by atoms with Crippen LogP contribution >= 0.6 is 11.8 Å². The first-order valence-electron chi connectivity index (χ1n) is 6.14. The van der Waals surface area contributed by atoms with Crippen molar-refractivity contribution in [3.05, 3.63) is 64.8 Å². The molecule has 0 aliphatic heterocycles. The Morgan fingerprint density at radius 2 is 2.00 bits per heavy atom. The molecule has 0 unspecified atom stereocenters. The van der Waals surface area contributed by atoms with E-state index in [1.807, 2.05) is 6.07 Å². The monoisotopic (exact) mass is 298 g/mol. The second-order valence-electron chi connectivity index (χ2n) is 4.34. The van der Waals surface area contributed by atoms with Crippen molar-refractivity contribution in [2.75, 3.05) is 0 Å². The SMILES string of the molecule is O=[N+]([O-])c1ccc(Sc2cccc(O)c2)c2cccnc12. The number of nitrogens with zero attached hydrogens (tertiary/aromatic N) is 2. The fraction of sp³-hybridized carbons (Fsp3) is 0. The summed E-state index contributed by atoms with van der Waals surface area (Å²) >= 11 is 1.43. The van der Waals surface area contributed by atoms with Crippen LogP contribution in [0.3, 0.4) is 0 Å². The van der Waals surface area contributed by atoms with Gasteiger partial charge in [0.25, 0.3) is 5.69 Å². The number of hydrogen-bond donors (Lipinski definition) is 1. The Labute approximate surface area is 124 Å². The van der Waals surface area contributed by atoms with Crippen LogP contribution in [0.4, 0.5) is 5.69 Å². The Morgan fingerprint density at radius 3 is 2.76 bits per heavy atom. The molecule has 0 radical (unpaired) electrons. The molecule has 0 aliphatic carbocycles. The third kappa shape index (κ3) is 2.66. The predicted octanol–water partition coefficient (Wildman–Crippen LogP) is 4.00. The van der Waals surface area contributed by atoms with E-state index in [1.54, 1.807) is 36.4 Å². The average Bonchev–Trinajstić information content (AvgIpc) is 2.47. The molecule has 2 aromatic carbocycles. The third-order valence-electron chi connectivity index (χ3n) is 2.95. The summed E-state index contributed by atoms with van der Waals surface area (Å²) < 4.78 is 0. The van der Waals surface area contributed by atoms with Crippen molar-refractivity contribution in [2.24, 2.45) is 0 Å². The highest BCUT2D eigenvalue weighted by Gasteiger charge is 2.15. The Balaban J connectivity index is 2.12. The van der Waals surface area contributed by atoms with Gasteiger partial charge < -0.3 is 5.11 Å². The zero-order valence-electron chi connectivity index (χ0n) is 10.8. The number of aromatic nitrogens is 1. The largest absolute Gasteiger partial charge is 0.508 e. The lowest BCUT2D eigenvalue weighted by atomic mass is 10.2. The molecule has 0 saturated carbocycles. The summed E-state index contributed by atoms with van der Waals surface area (Å²) in [5, 5.41) is 21.3. The van der Waals surface area contributed by atoms with E-state index < -0.39 is 4.92 Å². The van der Waals surface area contributed by atoms with Crippen molar-refractivity contribution in [2.45, 2.75) is 9.79 Å². The van der Waals surface area contributed by atoms with Crippen molar-refractivity contribution in [3.63, 3.8) is 0 Å². The van der Waals surface area contributed by atoms with Crippen LogP contribution in [0, 0.1) is 10.1 Å². The first-order chi connectivity index (χ1) is 10.1. The van der Waals surface area contributed by atoms with Gasteiger partial charge in [0.05, 0.1) is 4.92 Å². The van der Waals surface area contributed by atoms with Crippen LogP contribution in [0.1, 0.15) is 0 Å². The number of nitro benzene ring substituents is 1. The summed E-state index contributed by atoms with van der Waals surface area (Å²) in [6, 6.07) is 13.6. The molecule has 104 valence electrons. The normalized spacial score (nSPS) is 10.7. The maximum absolute atomic E-state index is 11.1. The van der Waals surface area contributed by atoms with E-state index in [0.717, 1.165) is 15.2 Å². The predicted molar refractivity (Wildman–Crippen MR) is 80.6 cm³/mol. The maximum Gasteiger partial charge on any atom is 0.295 e. The Bertz CT molecular complexity index is 836. The zero-order chi connectivity index (χ0) is 14.8. The van der Waals surface area contributed by atoms with Crippen molar-refractivity contribution >= 4 is 28.4 Å². The first kappa shape index (κ1) is 13.4. The molecule has 21 heavy (non-hydrogen) atoms. The minimum absolute atomic E-state index is 0.00846. The first-order valence-corrected chi connectivity index (χ1v) is 6.96. The highest BCUT2D eigenvalue weighted by Crippen LogP contribution is 2.37. The van der Waals surface area contributed by atoms with Crippen LogP contribution < -0.4 is 0 Å². The van der Waals surface area contributed by atoms with E-state index in [4.69, 9.17) is 0 Å². The molecule has 1 N–H and O–H groups in total. The number of phenols is 1. The highest BCUT2D eigenvalue weighted by atomic mass is 32.2. The number of hydrogen-bond acceptors (Lipinski definition) is 5. The van der Waals surface area contributed by atoms with E-state index >= 15 is 0 Å². The molecule has 1 heterocycles. The lowest BCUT2D eigenvalue weighted by molar-refractivity contribution is -0.383. The number of nitro groups is 1. The molecule has 6 heteroatoms. The molecule has 0 saturated heterocycles. The molecule has 0 aliphatic rings. The molecule has 0 spiro atoms. The van der Waals surface area contributed by atoms with Crippen LogP contribution in [0.15, 0.2) is 64.5 Å². The molecule has 1 aromatic heterocycles. The molecule has 0 amide bonds. The van der Waals surface area contributed by atoms with Crippen LogP contribution in [-0.4, -0.2) is 15.0 Å². The Hall–Kier alpha value is -2.60. The quantitative estimate of drug-likeness (QED) is 0.584. The van der Waals surface area contributed by atoms with Gasteiger partial charge >= 0.3 is 0 Å². The van der Waals surface area contributed by atoms with Gasteiger partial charge in [-0.25, -0.2) is 4.98 Å². The van der Waals surface area contributed by atoms with Gasteiger partial charge in [0, 0.05) is 27.4 Å². The lowest BCUT2D eigenvalue weighted by Crippen LogP contribution is -1.92. The summed E-state index contributed by atoms with van der Waals surface area (Å²) in [6.07, 6.45) is 1.54. The summed E-state index contributed by atoms with van der Waals surface area (Å²) in [6.45, 7) is 0. The van der Waals surface area contributed by atoms with Crippen LogP contribution in [0.2, 0.25) is 0 Å². The number of non-ortho nitro benzene ring substituents is 1. The van der Waals surface area contributed by atoms with E-state index in [-0.39, 0.29) is 11.4 Å². The highest BCUT2D eigenvalue weighted by molar-refractivity contribution is 7.99. The zero-order valence-corrected chi connectivity index (χ0v) is 11.6. The smallest absolute Gasteiger partial charge is 0.295 e. The van der Waals surface area contributed by atoms with Crippen molar-refractivity contribution in [3.8, 4) is 5.75 Å². The van der Waals surface area contributed by atoms with Crippen molar-refractivity contribution in [1.29, 1.82) is 0 Å². The summed E-state index contributed by atoms with van der Waals surface area (Å²) in [4.78, 5) is 16.5. The Kier molecular flexibility index (Phi) is 3.45. The van der Waals surface area contributed by atoms with Gasteiger partial charge in [-0.2, -0.15) is 0 Å². The molecule has 0 atom stereocenters. The number of rotatable bonds is 3. The second-order valence-corrected chi connectivity index (χ2v) is 5.45. The van der Waals surface area contributed by atoms with Gasteiger partial charge in [-0.05, 0) is 36.4 Å². The maximum atomic E-state index is 11.1.